The van der Waals surface area contributed by atoms with E-state index in [0.717, 1.165) is 70.9 Å². The third kappa shape index (κ3) is 5.47. The SMILES string of the molecule is C=CCn1nc(C)c(CN2CC[C@@H](N3CCN(C)CC3)[C@@H](CCC(=O)O)C2)c1C. The van der Waals surface area contributed by atoms with E-state index in [2.05, 4.69) is 47.3 Å². The van der Waals surface area contributed by atoms with Crippen LogP contribution in [0, 0.1) is 19.8 Å². The summed E-state index contributed by atoms with van der Waals surface area (Å²) in [6.07, 6.45) is 4.02. The summed E-state index contributed by atoms with van der Waals surface area (Å²) in [5.74, 6) is -0.274. The van der Waals surface area contributed by atoms with Crippen molar-refractivity contribution in [2.45, 2.75) is 52.2 Å². The summed E-state index contributed by atoms with van der Waals surface area (Å²) in [7, 11) is 2.18. The van der Waals surface area contributed by atoms with E-state index < -0.39 is 5.97 Å². The van der Waals surface area contributed by atoms with Gasteiger partial charge in [0, 0.05) is 63.0 Å². The number of allylic oxidation sites excluding steroid dienone is 1. The van der Waals surface area contributed by atoms with E-state index in [1.807, 2.05) is 10.8 Å². The summed E-state index contributed by atoms with van der Waals surface area (Å²) in [5.41, 5.74) is 3.61. The Morgan fingerprint density at radius 1 is 1.24 bits per heavy atom. The van der Waals surface area contributed by atoms with E-state index in [-0.39, 0.29) is 6.42 Å². The predicted molar refractivity (Wildman–Crippen MR) is 115 cm³/mol. The van der Waals surface area contributed by atoms with Crippen LogP contribution in [-0.4, -0.2) is 87.9 Å². The highest BCUT2D eigenvalue weighted by atomic mass is 16.4. The molecule has 162 valence electrons. The van der Waals surface area contributed by atoms with Crippen LogP contribution in [0.25, 0.3) is 0 Å². The largest absolute Gasteiger partial charge is 0.481 e. The third-order valence-electron chi connectivity index (χ3n) is 6.73. The van der Waals surface area contributed by atoms with Crippen LogP contribution >= 0.6 is 0 Å². The standard InChI is InChI=1S/C22H37N5O2/c1-5-9-27-18(3)20(17(2)23-27)16-25-10-8-21(19(15-25)6-7-22(28)29)26-13-11-24(4)12-14-26/h5,19,21H,1,6-16H2,2-4H3,(H,28,29)/t19-,21+/m0/s1. The molecule has 3 heterocycles. The van der Waals surface area contributed by atoms with E-state index >= 15 is 0 Å². The van der Waals surface area contributed by atoms with E-state index in [1.165, 1.54) is 11.3 Å². The number of aliphatic carboxylic acids is 1. The van der Waals surface area contributed by atoms with Gasteiger partial charge in [-0.05, 0) is 46.2 Å². The summed E-state index contributed by atoms with van der Waals surface area (Å²) in [6, 6.07) is 0.505. The maximum Gasteiger partial charge on any atom is 0.303 e. The van der Waals surface area contributed by atoms with E-state index in [0.29, 0.717) is 12.0 Å². The van der Waals surface area contributed by atoms with Crippen molar-refractivity contribution < 1.29 is 9.90 Å². The Morgan fingerprint density at radius 3 is 2.62 bits per heavy atom. The van der Waals surface area contributed by atoms with Gasteiger partial charge in [-0.3, -0.25) is 19.3 Å². The molecule has 1 aromatic heterocycles. The number of carboxylic acid groups (broad SMARTS) is 1. The molecule has 0 amide bonds. The molecule has 0 saturated carbocycles. The highest BCUT2D eigenvalue weighted by Gasteiger charge is 2.34. The van der Waals surface area contributed by atoms with Crippen LogP contribution in [-0.2, 0) is 17.9 Å². The van der Waals surface area contributed by atoms with Crippen LogP contribution < -0.4 is 0 Å². The minimum Gasteiger partial charge on any atom is -0.481 e. The van der Waals surface area contributed by atoms with Crippen LogP contribution in [0.1, 0.15) is 36.2 Å². The summed E-state index contributed by atoms with van der Waals surface area (Å²) >= 11 is 0. The van der Waals surface area contributed by atoms with Crippen LogP contribution in [0.5, 0.6) is 0 Å². The van der Waals surface area contributed by atoms with Crippen LogP contribution in [0.15, 0.2) is 12.7 Å². The Bertz CT molecular complexity index is 708. The van der Waals surface area contributed by atoms with Crippen molar-refractivity contribution in [3.05, 3.63) is 29.6 Å². The molecular weight excluding hydrogens is 366 g/mol. The van der Waals surface area contributed by atoms with Gasteiger partial charge in [-0.15, -0.1) is 6.58 Å². The molecule has 7 nitrogen and oxygen atoms in total. The van der Waals surface area contributed by atoms with Gasteiger partial charge >= 0.3 is 5.97 Å². The molecule has 3 rings (SSSR count). The van der Waals surface area contributed by atoms with E-state index in [9.17, 15) is 9.90 Å². The maximum absolute atomic E-state index is 11.2. The monoisotopic (exact) mass is 403 g/mol. The fraction of sp³-hybridized carbons (Fsp3) is 0.727. The van der Waals surface area contributed by atoms with Crippen molar-refractivity contribution in [2.75, 3.05) is 46.3 Å². The molecule has 0 bridgehead atoms. The van der Waals surface area contributed by atoms with Crippen LogP contribution in [0.4, 0.5) is 0 Å². The zero-order valence-electron chi connectivity index (χ0n) is 18.3. The van der Waals surface area contributed by atoms with Crippen LogP contribution in [0.2, 0.25) is 0 Å². The molecule has 0 aliphatic carbocycles. The Morgan fingerprint density at radius 2 is 1.97 bits per heavy atom. The summed E-state index contributed by atoms with van der Waals surface area (Å²) in [5, 5.41) is 13.9. The third-order valence-corrected chi connectivity index (χ3v) is 6.73. The number of carboxylic acids is 1. The lowest BCUT2D eigenvalue weighted by Gasteiger charge is -2.46. The number of rotatable bonds is 8. The highest BCUT2D eigenvalue weighted by Crippen LogP contribution is 2.29. The van der Waals surface area contributed by atoms with E-state index in [1.54, 1.807) is 0 Å². The lowest BCUT2D eigenvalue weighted by molar-refractivity contribution is -0.137. The molecule has 2 atom stereocenters. The van der Waals surface area contributed by atoms with Gasteiger partial charge in [0.25, 0.3) is 0 Å². The molecule has 0 unspecified atom stereocenters. The first-order chi connectivity index (χ1) is 13.9. The van der Waals surface area contributed by atoms with Crippen LogP contribution in [0.3, 0.4) is 0 Å². The molecule has 1 aromatic rings. The van der Waals surface area contributed by atoms with Gasteiger partial charge in [-0.25, -0.2) is 0 Å². The number of likely N-dealkylation sites (tertiary alicyclic amines) is 1. The van der Waals surface area contributed by atoms with Crippen molar-refractivity contribution in [3.8, 4) is 0 Å². The number of aromatic nitrogens is 2. The minimum atomic E-state index is -0.684. The second kappa shape index (κ2) is 9.87. The van der Waals surface area contributed by atoms with Gasteiger partial charge < -0.3 is 10.0 Å². The average Bonchev–Trinajstić information content (AvgIpc) is 2.95. The summed E-state index contributed by atoms with van der Waals surface area (Å²) < 4.78 is 2.02. The van der Waals surface area contributed by atoms with Gasteiger partial charge in [0.05, 0.1) is 12.2 Å². The topological polar surface area (TPSA) is 64.8 Å². The molecule has 0 aromatic carbocycles. The van der Waals surface area contributed by atoms with Gasteiger partial charge in [0.2, 0.25) is 0 Å². The molecule has 0 spiro atoms. The van der Waals surface area contributed by atoms with Gasteiger partial charge in [-0.1, -0.05) is 6.08 Å². The van der Waals surface area contributed by atoms with Crippen molar-refractivity contribution >= 4 is 5.97 Å². The first-order valence-electron chi connectivity index (χ1n) is 10.9. The molecule has 2 aliphatic heterocycles. The zero-order valence-corrected chi connectivity index (χ0v) is 18.3. The Kier molecular flexibility index (Phi) is 7.49. The number of likely N-dealkylation sites (N-methyl/N-ethyl adjacent to an activating group) is 1. The number of hydrogen-bond acceptors (Lipinski definition) is 5. The Labute approximate surface area is 175 Å². The number of aryl methyl sites for hydroxylation is 1. The molecule has 29 heavy (non-hydrogen) atoms. The minimum absolute atomic E-state index is 0.262. The summed E-state index contributed by atoms with van der Waals surface area (Å²) in [6.45, 7) is 16.1. The quantitative estimate of drug-likeness (QED) is 0.670. The van der Waals surface area contributed by atoms with Crippen molar-refractivity contribution in [2.24, 2.45) is 5.92 Å². The van der Waals surface area contributed by atoms with Gasteiger partial charge in [0.1, 0.15) is 0 Å². The lowest BCUT2D eigenvalue weighted by Crippen LogP contribution is -2.56. The molecule has 0 radical (unpaired) electrons. The summed E-state index contributed by atoms with van der Waals surface area (Å²) in [4.78, 5) is 18.7. The smallest absolute Gasteiger partial charge is 0.303 e. The first kappa shape index (κ1) is 22.0. The number of piperazine rings is 1. The normalized spacial score (nSPS) is 24.7. The Hall–Kier alpha value is -1.70. The number of piperidine rings is 1. The van der Waals surface area contributed by atoms with Crippen molar-refractivity contribution in [3.63, 3.8) is 0 Å². The van der Waals surface area contributed by atoms with E-state index in [4.69, 9.17) is 0 Å². The molecular formula is C22H37N5O2. The highest BCUT2D eigenvalue weighted by molar-refractivity contribution is 5.66. The number of carbonyl (C=O) groups is 1. The first-order valence-corrected chi connectivity index (χ1v) is 10.9. The van der Waals surface area contributed by atoms with Gasteiger partial charge in [-0.2, -0.15) is 5.10 Å². The lowest BCUT2D eigenvalue weighted by atomic mass is 9.86. The van der Waals surface area contributed by atoms with Crippen molar-refractivity contribution in [1.82, 2.24) is 24.5 Å². The molecule has 2 aliphatic rings. The van der Waals surface area contributed by atoms with Crippen molar-refractivity contribution in [1.29, 1.82) is 0 Å². The molecule has 1 N–H and O–H groups in total. The second-order valence-corrected chi connectivity index (χ2v) is 8.74. The molecule has 7 heteroatoms. The number of hydrogen-bond donors (Lipinski definition) is 1. The Balaban J connectivity index is 1.68. The fourth-order valence-electron chi connectivity index (χ4n) is 4.95. The predicted octanol–water partition coefficient (Wildman–Crippen LogP) is 1.99. The zero-order chi connectivity index (χ0) is 21.0. The fourth-order valence-corrected chi connectivity index (χ4v) is 4.95. The number of nitrogens with zero attached hydrogens (tertiary/aromatic N) is 5. The van der Waals surface area contributed by atoms with Gasteiger partial charge in [0.15, 0.2) is 0 Å². The molecule has 2 saturated heterocycles. The molecule has 2 fully saturated rings. The average molecular weight is 404 g/mol. The maximum atomic E-state index is 11.2. The second-order valence-electron chi connectivity index (χ2n) is 8.74.